The van der Waals surface area contributed by atoms with E-state index < -0.39 is 78.2 Å². The number of benzene rings is 4. The normalized spacial score (nSPS) is 29.0. The zero-order chi connectivity index (χ0) is 35.9. The van der Waals surface area contributed by atoms with Gasteiger partial charge in [0.2, 0.25) is 6.29 Å². The lowest BCUT2D eigenvalue weighted by atomic mass is 9.76. The van der Waals surface area contributed by atoms with Crippen molar-refractivity contribution < 1.29 is 74.4 Å². The van der Waals surface area contributed by atoms with E-state index in [-0.39, 0.29) is 64.0 Å². The maximum atomic E-state index is 13.6. The molecule has 15 heteroatoms. The average Bonchev–Trinajstić information content (AvgIpc) is 3.09. The molecule has 0 aromatic heterocycles. The van der Waals surface area contributed by atoms with Gasteiger partial charge in [-0.1, -0.05) is 12.1 Å². The minimum atomic E-state index is -1.76. The monoisotopic (exact) mass is 704 g/mol. The molecule has 0 spiro atoms. The Labute approximate surface area is 288 Å². The van der Waals surface area contributed by atoms with E-state index in [1.54, 1.807) is 12.1 Å². The van der Waals surface area contributed by atoms with Gasteiger partial charge in [0, 0.05) is 47.2 Å². The molecular weight excluding hydrogens is 672 g/mol. The van der Waals surface area contributed by atoms with Crippen molar-refractivity contribution in [2.75, 3.05) is 6.61 Å². The molecule has 8 rings (SSSR count). The van der Waals surface area contributed by atoms with Crippen LogP contribution < -0.4 is 18.9 Å². The number of phenolic OH excluding ortho intramolecular Hbond substituents is 5. The van der Waals surface area contributed by atoms with Crippen molar-refractivity contribution in [1.82, 2.24) is 0 Å². The average molecular weight is 705 g/mol. The molecule has 2 bridgehead atoms. The van der Waals surface area contributed by atoms with Crippen LogP contribution in [-0.4, -0.2) is 89.1 Å². The summed E-state index contributed by atoms with van der Waals surface area (Å²) in [6.45, 7) is -0.693. The Morgan fingerprint density at radius 2 is 1.49 bits per heavy atom. The van der Waals surface area contributed by atoms with Crippen molar-refractivity contribution in [3.05, 3.63) is 88.5 Å². The SMILES string of the molecule is O=C1CC(c2ccc(O)cc2)Oc2c1c(O)cc1c2[C@@H]2C[C@@](c3ccc(O)c(O)c3)(Oc3cc(O[C@@H]4O[C@@H](CO)[C@H](O)[C@@H](O)[C@@H]4O)cc(O)c32)O1. The molecule has 15 nitrogen and oxygen atoms in total. The van der Waals surface area contributed by atoms with Gasteiger partial charge in [-0.05, 0) is 35.9 Å². The van der Waals surface area contributed by atoms with Crippen molar-refractivity contribution in [2.45, 2.75) is 61.4 Å². The fraction of sp³-hybridized carbons (Fsp3) is 0.306. The minimum Gasteiger partial charge on any atom is -0.508 e. The largest absolute Gasteiger partial charge is 0.508 e. The number of rotatable bonds is 5. The standard InChI is InChI=1S/C36H32O15/c37-13-27-31(44)32(45)33(46)35(49-27)47-17-8-21(41)28-18-12-36(50-25(28)9-17,15-3-6-19(39)20(40)7-15)51-26-11-23(43)30-22(42)10-24(48-34(30)29(18)26)14-1-4-16(38)5-2-14/h1-9,11,18,24,27,31-33,35,37-41,43-46H,10,12-13H2/t18-,24?,27+,31+,32-,33+,35-,36-/m1/s1. The molecule has 1 saturated heterocycles. The first kappa shape index (κ1) is 32.7. The molecule has 4 aliphatic rings. The van der Waals surface area contributed by atoms with Crippen LogP contribution in [0.15, 0.2) is 60.7 Å². The summed E-state index contributed by atoms with van der Waals surface area (Å²) in [5, 5.41) is 93.7. The molecule has 266 valence electrons. The summed E-state index contributed by atoms with van der Waals surface area (Å²) in [5.41, 5.74) is 1.24. The Morgan fingerprint density at radius 3 is 2.20 bits per heavy atom. The fourth-order valence-corrected chi connectivity index (χ4v) is 7.23. The van der Waals surface area contributed by atoms with E-state index in [1.807, 2.05) is 0 Å². The zero-order valence-corrected chi connectivity index (χ0v) is 26.4. The third-order valence-corrected chi connectivity index (χ3v) is 9.76. The summed E-state index contributed by atoms with van der Waals surface area (Å²) in [4.78, 5) is 13.6. The van der Waals surface area contributed by atoms with Crippen LogP contribution in [0.4, 0.5) is 0 Å². The van der Waals surface area contributed by atoms with E-state index in [2.05, 4.69) is 0 Å². The highest BCUT2D eigenvalue weighted by Crippen LogP contribution is 2.62. The summed E-state index contributed by atoms with van der Waals surface area (Å²) in [6.07, 6.45) is -8.94. The first-order chi connectivity index (χ1) is 24.4. The van der Waals surface area contributed by atoms with Crippen LogP contribution in [0.1, 0.15) is 57.5 Å². The third kappa shape index (κ3) is 5.20. The topological polar surface area (TPSA) is 245 Å². The molecule has 1 unspecified atom stereocenters. The van der Waals surface area contributed by atoms with Gasteiger partial charge in [-0.2, -0.15) is 0 Å². The second-order valence-corrected chi connectivity index (χ2v) is 12.9. The number of ketones is 1. The number of aliphatic hydroxyl groups is 4. The maximum Gasteiger partial charge on any atom is 0.279 e. The Bertz CT molecular complexity index is 2050. The van der Waals surface area contributed by atoms with Gasteiger partial charge >= 0.3 is 0 Å². The lowest BCUT2D eigenvalue weighted by Crippen LogP contribution is -2.60. The number of Topliss-reactive ketones (excluding diaryl/α,β-unsaturated/α-hetero) is 1. The molecular formula is C36H32O15. The smallest absolute Gasteiger partial charge is 0.279 e. The van der Waals surface area contributed by atoms with Gasteiger partial charge in [0.1, 0.15) is 76.3 Å². The number of aliphatic hydroxyl groups excluding tert-OH is 4. The number of fused-ring (bicyclic) bond motifs is 8. The molecule has 4 aliphatic heterocycles. The molecule has 4 aromatic rings. The summed E-state index contributed by atoms with van der Waals surface area (Å²) in [6, 6.07) is 13.9. The lowest BCUT2D eigenvalue weighted by Gasteiger charge is -2.47. The van der Waals surface area contributed by atoms with Crippen LogP contribution >= 0.6 is 0 Å². The van der Waals surface area contributed by atoms with Crippen LogP contribution in [0.5, 0.6) is 51.7 Å². The molecule has 0 amide bonds. The predicted molar refractivity (Wildman–Crippen MR) is 170 cm³/mol. The number of phenols is 5. The van der Waals surface area contributed by atoms with Crippen LogP contribution in [0.3, 0.4) is 0 Å². The number of carbonyl (C=O) groups excluding carboxylic acids is 1. The Balaban J connectivity index is 1.27. The number of ether oxygens (including phenoxy) is 5. The van der Waals surface area contributed by atoms with Gasteiger partial charge < -0.3 is 69.6 Å². The van der Waals surface area contributed by atoms with Crippen molar-refractivity contribution in [3.63, 3.8) is 0 Å². The molecule has 4 heterocycles. The van der Waals surface area contributed by atoms with E-state index in [1.165, 1.54) is 48.5 Å². The number of aromatic hydroxyl groups is 5. The number of hydrogen-bond acceptors (Lipinski definition) is 15. The second-order valence-electron chi connectivity index (χ2n) is 12.9. The molecule has 1 fully saturated rings. The first-order valence-corrected chi connectivity index (χ1v) is 16.0. The molecule has 0 radical (unpaired) electrons. The lowest BCUT2D eigenvalue weighted by molar-refractivity contribution is -0.277. The highest BCUT2D eigenvalue weighted by molar-refractivity contribution is 6.03. The fourth-order valence-electron chi connectivity index (χ4n) is 7.23. The van der Waals surface area contributed by atoms with Crippen LogP contribution in [0.2, 0.25) is 0 Å². The van der Waals surface area contributed by atoms with Gasteiger partial charge in [0.15, 0.2) is 17.3 Å². The molecule has 9 N–H and O–H groups in total. The van der Waals surface area contributed by atoms with Gasteiger partial charge in [-0.15, -0.1) is 0 Å². The van der Waals surface area contributed by atoms with Gasteiger partial charge in [-0.25, -0.2) is 0 Å². The Morgan fingerprint density at radius 1 is 0.765 bits per heavy atom. The highest BCUT2D eigenvalue weighted by atomic mass is 16.7. The molecule has 0 saturated carbocycles. The van der Waals surface area contributed by atoms with Crippen LogP contribution in [-0.2, 0) is 10.5 Å². The van der Waals surface area contributed by atoms with E-state index in [0.29, 0.717) is 11.1 Å². The first-order valence-electron chi connectivity index (χ1n) is 16.0. The van der Waals surface area contributed by atoms with Gasteiger partial charge in [0.05, 0.1) is 13.0 Å². The molecule has 4 aromatic carbocycles. The van der Waals surface area contributed by atoms with Crippen LogP contribution in [0, 0.1) is 0 Å². The second kappa shape index (κ2) is 11.8. The molecule has 0 aliphatic carbocycles. The minimum absolute atomic E-state index is 0.0110. The number of hydrogen-bond donors (Lipinski definition) is 9. The van der Waals surface area contributed by atoms with E-state index in [0.717, 1.165) is 0 Å². The zero-order valence-electron chi connectivity index (χ0n) is 26.4. The third-order valence-electron chi connectivity index (χ3n) is 9.76. The summed E-state index contributed by atoms with van der Waals surface area (Å²) >= 11 is 0. The molecule has 8 atom stereocenters. The van der Waals surface area contributed by atoms with Gasteiger partial charge in [-0.3, -0.25) is 4.79 Å². The van der Waals surface area contributed by atoms with Crippen LogP contribution in [0.25, 0.3) is 0 Å². The highest BCUT2D eigenvalue weighted by Gasteiger charge is 2.54. The van der Waals surface area contributed by atoms with Crippen molar-refractivity contribution in [1.29, 1.82) is 0 Å². The molecule has 51 heavy (non-hydrogen) atoms. The van der Waals surface area contributed by atoms with E-state index in [9.17, 15) is 50.8 Å². The summed E-state index contributed by atoms with van der Waals surface area (Å²) < 4.78 is 30.6. The number of carbonyl (C=O) groups is 1. The Hall–Kier alpha value is -5.45. The summed E-state index contributed by atoms with van der Waals surface area (Å²) in [7, 11) is 0. The van der Waals surface area contributed by atoms with Crippen molar-refractivity contribution in [3.8, 4) is 51.7 Å². The quantitative estimate of drug-likeness (QED) is 0.135. The van der Waals surface area contributed by atoms with E-state index >= 15 is 0 Å². The van der Waals surface area contributed by atoms with Crippen molar-refractivity contribution in [2.24, 2.45) is 0 Å². The van der Waals surface area contributed by atoms with E-state index in [4.69, 9.17) is 23.7 Å². The summed E-state index contributed by atoms with van der Waals surface area (Å²) in [5.74, 6) is -4.78. The maximum absolute atomic E-state index is 13.6. The van der Waals surface area contributed by atoms with Gasteiger partial charge in [0.25, 0.3) is 5.79 Å². The predicted octanol–water partition coefficient (Wildman–Crippen LogP) is 2.26. The van der Waals surface area contributed by atoms with Crippen molar-refractivity contribution >= 4 is 5.78 Å². The Kier molecular flexibility index (Phi) is 7.59.